The van der Waals surface area contributed by atoms with Gasteiger partial charge in [-0.25, -0.2) is 4.39 Å². The molecule has 0 saturated heterocycles. The summed E-state index contributed by atoms with van der Waals surface area (Å²) in [6.45, 7) is 4.09. The lowest BCUT2D eigenvalue weighted by atomic mass is 9.45. The van der Waals surface area contributed by atoms with E-state index in [1.54, 1.807) is 0 Å². The first-order valence-corrected chi connectivity index (χ1v) is 9.00. The van der Waals surface area contributed by atoms with Crippen LogP contribution in [-0.4, -0.2) is 23.5 Å². The van der Waals surface area contributed by atoms with E-state index in [0.29, 0.717) is 31.6 Å². The molecule has 4 fully saturated rings. The van der Waals surface area contributed by atoms with Crippen molar-refractivity contribution in [3.8, 4) is 0 Å². The molecule has 23 heavy (non-hydrogen) atoms. The average Bonchev–Trinajstić information content (AvgIpc) is 2.73. The number of ketones is 3. The maximum atomic E-state index is 14.1. The van der Waals surface area contributed by atoms with E-state index in [4.69, 9.17) is 0 Å². The summed E-state index contributed by atoms with van der Waals surface area (Å²) in [5, 5.41) is 0. The number of carbonyl (C=O) groups excluding carboxylic acids is 3. The third-order valence-electron chi connectivity index (χ3n) is 7.98. The van der Waals surface area contributed by atoms with Crippen LogP contribution >= 0.6 is 0 Å². The minimum Gasteiger partial charge on any atom is -0.300 e. The normalized spacial score (nSPS) is 52.8. The fraction of sp³-hybridized carbons (Fsp3) is 0.842. The molecule has 0 heterocycles. The predicted octanol–water partition coefficient (Wildman–Crippen LogP) is 3.29. The highest BCUT2D eigenvalue weighted by Gasteiger charge is 2.64. The van der Waals surface area contributed by atoms with Crippen molar-refractivity contribution in [3.05, 3.63) is 0 Å². The van der Waals surface area contributed by atoms with E-state index in [1.807, 2.05) is 6.92 Å². The van der Waals surface area contributed by atoms with Gasteiger partial charge < -0.3 is 0 Å². The first-order chi connectivity index (χ1) is 10.8. The van der Waals surface area contributed by atoms with Gasteiger partial charge in [-0.2, -0.15) is 0 Å². The minimum absolute atomic E-state index is 0.00287. The molecule has 0 radical (unpaired) electrons. The van der Waals surface area contributed by atoms with Crippen LogP contribution in [0, 0.1) is 34.5 Å². The number of rotatable bonds is 0. The average molecular weight is 320 g/mol. The van der Waals surface area contributed by atoms with Crippen molar-refractivity contribution >= 4 is 17.3 Å². The highest BCUT2D eigenvalue weighted by atomic mass is 19.1. The summed E-state index contributed by atoms with van der Waals surface area (Å²) in [5.74, 6) is 0.491. The monoisotopic (exact) mass is 320 g/mol. The first kappa shape index (κ1) is 15.5. The molecule has 4 rings (SSSR count). The van der Waals surface area contributed by atoms with Crippen molar-refractivity contribution in [3.63, 3.8) is 0 Å². The van der Waals surface area contributed by atoms with E-state index in [-0.39, 0.29) is 40.5 Å². The minimum atomic E-state index is -1.35. The Morgan fingerprint density at radius 1 is 1.04 bits per heavy atom. The summed E-state index contributed by atoms with van der Waals surface area (Å²) in [4.78, 5) is 36.9. The summed E-state index contributed by atoms with van der Waals surface area (Å²) in [6, 6.07) is 0. The molecule has 4 heteroatoms. The molecule has 0 aromatic rings. The molecular weight excluding hydrogens is 295 g/mol. The Hall–Kier alpha value is -1.06. The van der Waals surface area contributed by atoms with Crippen molar-refractivity contribution in [2.75, 3.05) is 0 Å². The van der Waals surface area contributed by atoms with Crippen LogP contribution in [0.3, 0.4) is 0 Å². The Morgan fingerprint density at radius 3 is 2.52 bits per heavy atom. The molecule has 7 atom stereocenters. The van der Waals surface area contributed by atoms with Crippen molar-refractivity contribution in [1.82, 2.24) is 0 Å². The number of hydrogen-bond donors (Lipinski definition) is 0. The molecule has 0 aliphatic heterocycles. The van der Waals surface area contributed by atoms with Gasteiger partial charge in [0.15, 0.2) is 12.0 Å². The fourth-order valence-electron chi connectivity index (χ4n) is 6.59. The van der Waals surface area contributed by atoms with Crippen molar-refractivity contribution in [2.45, 2.75) is 65.0 Å². The summed E-state index contributed by atoms with van der Waals surface area (Å²) >= 11 is 0. The number of carbonyl (C=O) groups is 3. The van der Waals surface area contributed by atoms with Crippen molar-refractivity contribution < 1.29 is 18.8 Å². The molecule has 0 bridgehead atoms. The lowest BCUT2D eigenvalue weighted by molar-refractivity contribution is -0.159. The van der Waals surface area contributed by atoms with Crippen LogP contribution in [0.2, 0.25) is 0 Å². The van der Waals surface area contributed by atoms with Gasteiger partial charge in [-0.1, -0.05) is 13.8 Å². The third kappa shape index (κ3) is 1.90. The quantitative estimate of drug-likeness (QED) is 0.688. The lowest BCUT2D eigenvalue weighted by Gasteiger charge is -2.58. The van der Waals surface area contributed by atoms with E-state index in [0.717, 1.165) is 19.3 Å². The summed E-state index contributed by atoms with van der Waals surface area (Å²) < 4.78 is 14.1. The second-order valence-corrected chi connectivity index (χ2v) is 8.87. The van der Waals surface area contributed by atoms with Gasteiger partial charge in [0.05, 0.1) is 0 Å². The third-order valence-corrected chi connectivity index (χ3v) is 7.98. The van der Waals surface area contributed by atoms with Crippen LogP contribution < -0.4 is 0 Å². The Balaban J connectivity index is 1.71. The summed E-state index contributed by atoms with van der Waals surface area (Å²) in [6.07, 6.45) is 2.76. The molecule has 4 aliphatic rings. The largest absolute Gasteiger partial charge is 0.300 e. The van der Waals surface area contributed by atoms with Gasteiger partial charge in [-0.3, -0.25) is 14.4 Å². The zero-order valence-corrected chi connectivity index (χ0v) is 13.9. The zero-order chi connectivity index (χ0) is 16.6. The number of alkyl halides is 1. The Bertz CT molecular complexity index is 599. The lowest BCUT2D eigenvalue weighted by Crippen LogP contribution is -2.56. The van der Waals surface area contributed by atoms with Gasteiger partial charge in [0.2, 0.25) is 0 Å². The molecule has 0 N–H and O–H groups in total. The maximum absolute atomic E-state index is 14.1. The van der Waals surface area contributed by atoms with E-state index < -0.39 is 11.6 Å². The van der Waals surface area contributed by atoms with Gasteiger partial charge in [0.1, 0.15) is 11.6 Å². The van der Waals surface area contributed by atoms with Crippen LogP contribution in [0.5, 0.6) is 0 Å². The van der Waals surface area contributed by atoms with Crippen molar-refractivity contribution in [1.29, 1.82) is 0 Å². The van der Waals surface area contributed by atoms with E-state index >= 15 is 0 Å². The smallest absolute Gasteiger partial charge is 0.173 e. The highest BCUT2D eigenvalue weighted by Crippen LogP contribution is 2.64. The van der Waals surface area contributed by atoms with Gasteiger partial charge in [0.25, 0.3) is 0 Å². The topological polar surface area (TPSA) is 51.2 Å². The summed E-state index contributed by atoms with van der Waals surface area (Å²) in [7, 11) is 0. The molecule has 0 amide bonds. The van der Waals surface area contributed by atoms with E-state index in [1.165, 1.54) is 0 Å². The SMILES string of the molecule is C[C@]12CCC(=O)CC1C(=O)CC1C2CC[C@]2(C)C(=O)[C@H](F)CC12. The first-order valence-electron chi connectivity index (χ1n) is 9.00. The Morgan fingerprint density at radius 2 is 1.78 bits per heavy atom. The second-order valence-electron chi connectivity index (χ2n) is 8.87. The fourth-order valence-corrected chi connectivity index (χ4v) is 6.59. The molecule has 4 saturated carbocycles. The number of halogens is 1. The molecule has 4 aliphatic carbocycles. The van der Waals surface area contributed by atoms with Gasteiger partial charge in [-0.15, -0.1) is 0 Å². The molecule has 0 spiro atoms. The van der Waals surface area contributed by atoms with Gasteiger partial charge in [0, 0.05) is 30.6 Å². The molecular formula is C19H25FO3. The number of hydrogen-bond acceptors (Lipinski definition) is 3. The Labute approximate surface area is 136 Å². The predicted molar refractivity (Wildman–Crippen MR) is 82.4 cm³/mol. The molecule has 126 valence electrons. The van der Waals surface area contributed by atoms with Crippen LogP contribution in [0.25, 0.3) is 0 Å². The van der Waals surface area contributed by atoms with E-state index in [9.17, 15) is 18.8 Å². The van der Waals surface area contributed by atoms with E-state index in [2.05, 4.69) is 6.92 Å². The molecule has 4 unspecified atom stereocenters. The maximum Gasteiger partial charge on any atom is 0.173 e. The standard InChI is InChI=1S/C19H25FO3/c1-18-5-3-10(21)7-14(18)16(22)8-11-12(18)4-6-19(2)13(11)9-15(20)17(19)23/h11-15H,3-9H2,1-2H3/t11?,12?,13?,14?,15-,18-,19+/m1/s1. The van der Waals surface area contributed by atoms with Crippen LogP contribution in [0.1, 0.15) is 58.8 Å². The van der Waals surface area contributed by atoms with Gasteiger partial charge in [-0.05, 0) is 48.9 Å². The van der Waals surface area contributed by atoms with Crippen LogP contribution in [-0.2, 0) is 14.4 Å². The second kappa shape index (κ2) is 4.73. The van der Waals surface area contributed by atoms with Crippen molar-refractivity contribution in [2.24, 2.45) is 34.5 Å². The zero-order valence-electron chi connectivity index (χ0n) is 13.9. The molecule has 0 aromatic carbocycles. The van der Waals surface area contributed by atoms with Gasteiger partial charge >= 0.3 is 0 Å². The number of Topliss-reactive ketones (excluding diaryl/α,β-unsaturated/α-hetero) is 3. The molecule has 3 nitrogen and oxygen atoms in total. The molecule has 0 aromatic heterocycles. The summed E-state index contributed by atoms with van der Waals surface area (Å²) in [5.41, 5.74) is -0.707. The van der Waals surface area contributed by atoms with Crippen LogP contribution in [0.15, 0.2) is 0 Å². The van der Waals surface area contributed by atoms with Crippen LogP contribution in [0.4, 0.5) is 4.39 Å². The highest BCUT2D eigenvalue weighted by molar-refractivity contribution is 5.93. The Kier molecular flexibility index (Phi) is 3.18. The number of fused-ring (bicyclic) bond motifs is 5.